The van der Waals surface area contributed by atoms with Crippen molar-refractivity contribution in [3.8, 4) is 0 Å². The Hall–Kier alpha value is -2.36. The molecule has 3 aromatic rings. The van der Waals surface area contributed by atoms with E-state index in [4.69, 9.17) is 4.74 Å². The summed E-state index contributed by atoms with van der Waals surface area (Å²) in [6.07, 6.45) is 0. The Bertz CT molecular complexity index is 1000. The summed E-state index contributed by atoms with van der Waals surface area (Å²) < 4.78 is 19.5. The summed E-state index contributed by atoms with van der Waals surface area (Å²) in [4.78, 5) is 16.5. The molecule has 1 fully saturated rings. The van der Waals surface area contributed by atoms with Gasteiger partial charge in [0.2, 0.25) is 11.0 Å². The zero-order valence-electron chi connectivity index (χ0n) is 16.8. The third-order valence-electron chi connectivity index (χ3n) is 5.29. The van der Waals surface area contributed by atoms with Crippen molar-refractivity contribution in [2.24, 2.45) is 5.41 Å². The van der Waals surface area contributed by atoms with Crippen LogP contribution in [0.4, 0.5) is 14.5 Å². The molecular weight excluding hydrogens is 423 g/mol. The summed E-state index contributed by atoms with van der Waals surface area (Å²) in [6, 6.07) is 10.6. The number of nitrogens with zero attached hydrogens (tertiary/aromatic N) is 3. The Morgan fingerprint density at radius 1 is 1.27 bits per heavy atom. The van der Waals surface area contributed by atoms with Crippen molar-refractivity contribution in [1.29, 1.82) is 0 Å². The molecule has 9 heteroatoms. The van der Waals surface area contributed by atoms with Crippen LogP contribution < -0.4 is 10.2 Å². The highest BCUT2D eigenvalue weighted by molar-refractivity contribution is 7.16. The number of anilines is 2. The fraction of sp³-hybridized carbons (Fsp3) is 0.381. The van der Waals surface area contributed by atoms with Gasteiger partial charge in [-0.05, 0) is 29.8 Å². The van der Waals surface area contributed by atoms with Crippen molar-refractivity contribution in [1.82, 2.24) is 10.2 Å². The quantitative estimate of drug-likeness (QED) is 0.609. The highest BCUT2D eigenvalue weighted by Gasteiger charge is 2.40. The summed E-state index contributed by atoms with van der Waals surface area (Å²) in [5.74, 6) is -0.821. The Morgan fingerprint density at radius 3 is 2.77 bits per heavy atom. The topological polar surface area (TPSA) is 67.4 Å². The van der Waals surface area contributed by atoms with E-state index >= 15 is 0 Å². The van der Waals surface area contributed by atoms with Gasteiger partial charge in [0, 0.05) is 23.9 Å². The number of ether oxygens (including phenoxy) is 1. The number of aromatic nitrogens is 2. The SMILES string of the molecule is CC(C)(C(=O)Nc1nncs1)C(c1cccc(F)c1)c1ccc(N2CCOCC2)s1. The van der Waals surface area contributed by atoms with E-state index in [1.807, 2.05) is 26.0 Å². The molecule has 1 saturated heterocycles. The van der Waals surface area contributed by atoms with E-state index in [1.54, 1.807) is 22.9 Å². The first-order valence-corrected chi connectivity index (χ1v) is 11.4. The van der Waals surface area contributed by atoms with E-state index in [9.17, 15) is 9.18 Å². The second-order valence-electron chi connectivity index (χ2n) is 7.68. The molecule has 4 rings (SSSR count). The number of thiophene rings is 1. The number of amides is 1. The van der Waals surface area contributed by atoms with Crippen molar-refractivity contribution in [3.05, 3.63) is 58.2 Å². The molecule has 1 amide bonds. The summed E-state index contributed by atoms with van der Waals surface area (Å²) in [6.45, 7) is 6.85. The van der Waals surface area contributed by atoms with Gasteiger partial charge in [-0.15, -0.1) is 21.5 Å². The molecule has 30 heavy (non-hydrogen) atoms. The molecule has 0 aliphatic carbocycles. The maximum absolute atomic E-state index is 14.1. The second-order valence-corrected chi connectivity index (χ2v) is 9.61. The summed E-state index contributed by atoms with van der Waals surface area (Å²) in [5, 5.41) is 12.1. The Labute approximate surface area is 182 Å². The zero-order valence-corrected chi connectivity index (χ0v) is 18.4. The lowest BCUT2D eigenvalue weighted by Crippen LogP contribution is -2.37. The van der Waals surface area contributed by atoms with E-state index in [0.717, 1.165) is 28.5 Å². The lowest BCUT2D eigenvalue weighted by molar-refractivity contribution is -0.124. The molecule has 0 saturated carbocycles. The Balaban J connectivity index is 1.69. The minimum atomic E-state index is -0.855. The molecule has 3 heterocycles. The van der Waals surface area contributed by atoms with E-state index in [-0.39, 0.29) is 17.6 Å². The molecular formula is C21H23FN4O2S2. The number of halogens is 1. The van der Waals surface area contributed by atoms with E-state index in [2.05, 4.69) is 26.5 Å². The predicted molar refractivity (Wildman–Crippen MR) is 118 cm³/mol. The molecule has 1 atom stereocenters. The zero-order chi connectivity index (χ0) is 21.1. The van der Waals surface area contributed by atoms with Crippen molar-refractivity contribution in [2.75, 3.05) is 36.5 Å². The minimum absolute atomic E-state index is 0.185. The molecule has 1 aromatic carbocycles. The standard InChI is InChI=1S/C21H23FN4O2S2/c1-21(2,19(27)24-20-25-23-13-29-20)18(14-4-3-5-15(22)12-14)16-6-7-17(30-16)26-8-10-28-11-9-26/h3-7,12-13,18H,8-11H2,1-2H3,(H,24,25,27). The summed E-state index contributed by atoms with van der Waals surface area (Å²) in [7, 11) is 0. The van der Waals surface area contributed by atoms with Crippen molar-refractivity contribution < 1.29 is 13.9 Å². The largest absolute Gasteiger partial charge is 0.378 e. The smallest absolute Gasteiger partial charge is 0.232 e. The normalized spacial score (nSPS) is 15.8. The first-order chi connectivity index (χ1) is 14.4. The molecule has 1 aliphatic rings. The number of hydrogen-bond donors (Lipinski definition) is 1. The number of hydrogen-bond acceptors (Lipinski definition) is 7. The van der Waals surface area contributed by atoms with Gasteiger partial charge in [-0.3, -0.25) is 4.79 Å². The van der Waals surface area contributed by atoms with Crippen LogP contribution >= 0.6 is 22.7 Å². The summed E-state index contributed by atoms with van der Waals surface area (Å²) in [5.41, 5.74) is 1.48. The number of carbonyl (C=O) groups excluding carboxylic acids is 1. The molecule has 0 radical (unpaired) electrons. The van der Waals surface area contributed by atoms with Gasteiger partial charge < -0.3 is 15.0 Å². The second kappa shape index (κ2) is 8.79. The Kier molecular flexibility index (Phi) is 6.12. The van der Waals surface area contributed by atoms with Crippen LogP contribution in [0.25, 0.3) is 0 Å². The van der Waals surface area contributed by atoms with E-state index in [1.165, 1.54) is 23.5 Å². The van der Waals surface area contributed by atoms with Crippen LogP contribution in [0.5, 0.6) is 0 Å². The van der Waals surface area contributed by atoms with Crippen LogP contribution in [0.15, 0.2) is 41.9 Å². The summed E-state index contributed by atoms with van der Waals surface area (Å²) >= 11 is 2.91. The molecule has 6 nitrogen and oxygen atoms in total. The predicted octanol–water partition coefficient (Wildman–Crippen LogP) is 4.37. The first kappa shape index (κ1) is 20.9. The van der Waals surface area contributed by atoms with E-state index < -0.39 is 5.41 Å². The van der Waals surface area contributed by atoms with Crippen LogP contribution in [0.3, 0.4) is 0 Å². The molecule has 158 valence electrons. The van der Waals surface area contributed by atoms with Gasteiger partial charge in [0.25, 0.3) is 0 Å². The van der Waals surface area contributed by atoms with Crippen molar-refractivity contribution >= 4 is 38.7 Å². The lowest BCUT2D eigenvalue weighted by atomic mass is 9.73. The number of benzene rings is 1. The van der Waals surface area contributed by atoms with Gasteiger partial charge in [-0.25, -0.2) is 4.39 Å². The van der Waals surface area contributed by atoms with Crippen molar-refractivity contribution in [2.45, 2.75) is 19.8 Å². The first-order valence-electron chi connectivity index (χ1n) is 9.70. The number of carbonyl (C=O) groups is 1. The highest BCUT2D eigenvalue weighted by atomic mass is 32.1. The van der Waals surface area contributed by atoms with Crippen LogP contribution in [-0.4, -0.2) is 42.4 Å². The van der Waals surface area contributed by atoms with Crippen molar-refractivity contribution in [3.63, 3.8) is 0 Å². The number of morpholine rings is 1. The molecule has 1 aliphatic heterocycles. The molecule has 2 aromatic heterocycles. The Morgan fingerprint density at radius 2 is 2.07 bits per heavy atom. The van der Waals surface area contributed by atoms with Crippen LogP contribution in [0, 0.1) is 11.2 Å². The average molecular weight is 447 g/mol. The third-order valence-corrected chi connectivity index (χ3v) is 7.11. The fourth-order valence-electron chi connectivity index (χ4n) is 3.69. The molecule has 1 N–H and O–H groups in total. The van der Waals surface area contributed by atoms with Gasteiger partial charge in [0.1, 0.15) is 11.3 Å². The van der Waals surface area contributed by atoms with E-state index in [0.29, 0.717) is 18.3 Å². The number of rotatable bonds is 6. The van der Waals surface area contributed by atoms with Gasteiger partial charge >= 0.3 is 0 Å². The van der Waals surface area contributed by atoms with Crippen LogP contribution in [-0.2, 0) is 9.53 Å². The van der Waals surface area contributed by atoms with Gasteiger partial charge in [-0.2, -0.15) is 0 Å². The lowest BCUT2D eigenvalue weighted by Gasteiger charge is -2.33. The highest BCUT2D eigenvalue weighted by Crippen LogP contribution is 2.46. The van der Waals surface area contributed by atoms with Crippen LogP contribution in [0.1, 0.15) is 30.2 Å². The maximum atomic E-state index is 14.1. The third kappa shape index (κ3) is 4.38. The average Bonchev–Trinajstić information content (AvgIpc) is 3.41. The van der Waals surface area contributed by atoms with Gasteiger partial charge in [0.05, 0.1) is 23.6 Å². The fourth-order valence-corrected chi connectivity index (χ4v) is 5.50. The number of nitrogens with one attached hydrogen (secondary N) is 1. The van der Waals surface area contributed by atoms with Gasteiger partial charge in [-0.1, -0.05) is 37.3 Å². The monoisotopic (exact) mass is 446 g/mol. The van der Waals surface area contributed by atoms with Crippen LogP contribution in [0.2, 0.25) is 0 Å². The molecule has 1 unspecified atom stereocenters. The van der Waals surface area contributed by atoms with Gasteiger partial charge in [0.15, 0.2) is 0 Å². The minimum Gasteiger partial charge on any atom is -0.378 e. The maximum Gasteiger partial charge on any atom is 0.232 e. The molecule has 0 spiro atoms. The molecule has 0 bridgehead atoms.